The summed E-state index contributed by atoms with van der Waals surface area (Å²) in [6.07, 6.45) is 1.78. The van der Waals surface area contributed by atoms with Gasteiger partial charge in [-0.05, 0) is 111 Å². The molecule has 7 nitrogen and oxygen atoms in total. The number of hydrogen-bond donors (Lipinski definition) is 1. The van der Waals surface area contributed by atoms with Gasteiger partial charge in [0.15, 0.2) is 5.17 Å². The van der Waals surface area contributed by atoms with Gasteiger partial charge in [-0.3, -0.25) is 14.9 Å². The number of nitrogens with one attached hydrogen (secondary N) is 1. The number of carbonyl (C=O) groups excluding carboxylic acids is 1. The maximum Gasteiger partial charge on any atom is 0.269 e. The van der Waals surface area contributed by atoms with Crippen molar-refractivity contribution < 1.29 is 14.5 Å². The average Bonchev–Trinajstić information content (AvgIpc) is 3.15. The number of amides is 1. The molecule has 3 aromatic rings. The number of rotatable bonds is 6. The summed E-state index contributed by atoms with van der Waals surface area (Å²) in [6.45, 7) is 0.272. The van der Waals surface area contributed by atoms with Crippen molar-refractivity contribution in [1.29, 1.82) is 0 Å². The zero-order valence-corrected chi connectivity index (χ0v) is 24.1. The standard InChI is InChI=1S/C23H13Cl2I2N3O4S/c24-15-2-1-3-18(20(15)25)28-23-29-22(31)19(35-23)10-13-8-16(26)21(17(27)9-13)34-11-12-4-6-14(7-5-12)30(32)33/h1-10H,11H2,(H,28,29,31)/b19-10+. The lowest BCUT2D eigenvalue weighted by Crippen LogP contribution is -2.19. The number of carbonyl (C=O) groups is 1. The van der Waals surface area contributed by atoms with E-state index in [9.17, 15) is 14.9 Å². The maximum atomic E-state index is 12.5. The highest BCUT2D eigenvalue weighted by molar-refractivity contribution is 14.1. The van der Waals surface area contributed by atoms with E-state index in [1.807, 2.05) is 12.1 Å². The summed E-state index contributed by atoms with van der Waals surface area (Å²) in [5.41, 5.74) is 2.16. The van der Waals surface area contributed by atoms with Crippen molar-refractivity contribution in [1.82, 2.24) is 5.32 Å². The SMILES string of the molecule is O=C1NC(=Nc2cccc(Cl)c2Cl)S/C1=C/c1cc(I)c(OCc2ccc([N+](=O)[O-])cc2)c(I)c1. The highest BCUT2D eigenvalue weighted by atomic mass is 127. The van der Waals surface area contributed by atoms with Crippen LogP contribution in [0.25, 0.3) is 6.08 Å². The summed E-state index contributed by atoms with van der Waals surface area (Å²) in [4.78, 5) is 27.8. The minimum absolute atomic E-state index is 0.0352. The van der Waals surface area contributed by atoms with Crippen molar-refractivity contribution in [2.75, 3.05) is 0 Å². The van der Waals surface area contributed by atoms with Gasteiger partial charge in [-0.2, -0.15) is 0 Å². The van der Waals surface area contributed by atoms with Gasteiger partial charge < -0.3 is 10.1 Å². The van der Waals surface area contributed by atoms with Gasteiger partial charge in [-0.1, -0.05) is 29.3 Å². The van der Waals surface area contributed by atoms with Crippen molar-refractivity contribution >= 4 is 109 Å². The molecule has 0 spiro atoms. The van der Waals surface area contributed by atoms with Gasteiger partial charge in [-0.15, -0.1) is 0 Å². The fourth-order valence-corrected chi connectivity index (χ4v) is 6.29. The number of aliphatic imine (C=N–C) groups is 1. The lowest BCUT2D eigenvalue weighted by molar-refractivity contribution is -0.384. The van der Waals surface area contributed by atoms with Crippen molar-refractivity contribution in [3.63, 3.8) is 0 Å². The lowest BCUT2D eigenvalue weighted by Gasteiger charge is -2.11. The van der Waals surface area contributed by atoms with Crippen LogP contribution < -0.4 is 10.1 Å². The molecular weight excluding hydrogens is 739 g/mol. The Labute approximate surface area is 241 Å². The predicted molar refractivity (Wildman–Crippen MR) is 157 cm³/mol. The van der Waals surface area contributed by atoms with Crippen LogP contribution in [0.5, 0.6) is 5.75 Å². The van der Waals surface area contributed by atoms with Gasteiger partial charge in [0.2, 0.25) is 0 Å². The average molecular weight is 752 g/mol. The van der Waals surface area contributed by atoms with Gasteiger partial charge in [-0.25, -0.2) is 4.99 Å². The summed E-state index contributed by atoms with van der Waals surface area (Å²) in [5.74, 6) is 0.448. The van der Waals surface area contributed by atoms with E-state index in [1.54, 1.807) is 36.4 Å². The van der Waals surface area contributed by atoms with Crippen LogP contribution in [0.15, 0.2) is 64.5 Å². The molecule has 0 bridgehead atoms. The third-order valence-corrected chi connectivity index (χ3v) is 7.97. The third-order valence-electron chi connectivity index (χ3n) is 4.65. The van der Waals surface area contributed by atoms with E-state index < -0.39 is 4.92 Å². The maximum absolute atomic E-state index is 12.5. The van der Waals surface area contributed by atoms with Crippen molar-refractivity contribution in [2.45, 2.75) is 6.61 Å². The van der Waals surface area contributed by atoms with E-state index >= 15 is 0 Å². The molecule has 1 fully saturated rings. The van der Waals surface area contributed by atoms with E-state index in [0.717, 1.165) is 18.3 Å². The topological polar surface area (TPSA) is 93.8 Å². The number of ether oxygens (including phenoxy) is 1. The fraction of sp³-hybridized carbons (Fsp3) is 0.0435. The largest absolute Gasteiger partial charge is 0.487 e. The number of nitro groups is 1. The number of thioether (sulfide) groups is 1. The number of non-ortho nitro benzene ring substituents is 1. The molecule has 1 amide bonds. The number of benzene rings is 3. The first-order valence-electron chi connectivity index (χ1n) is 9.80. The number of hydrogen-bond acceptors (Lipinski definition) is 6. The Hall–Kier alpha value is -1.87. The minimum atomic E-state index is -0.437. The highest BCUT2D eigenvalue weighted by Gasteiger charge is 2.24. The van der Waals surface area contributed by atoms with E-state index in [4.69, 9.17) is 27.9 Å². The molecule has 1 heterocycles. The minimum Gasteiger partial charge on any atom is -0.487 e. The molecule has 0 unspecified atom stereocenters. The molecule has 12 heteroatoms. The molecule has 1 aliphatic rings. The molecule has 0 atom stereocenters. The molecule has 1 aliphatic heterocycles. The zero-order chi connectivity index (χ0) is 25.1. The van der Waals surface area contributed by atoms with E-state index in [1.165, 1.54) is 23.9 Å². The van der Waals surface area contributed by atoms with Gasteiger partial charge in [0.05, 0.1) is 32.7 Å². The molecule has 3 aromatic carbocycles. The summed E-state index contributed by atoms with van der Waals surface area (Å²) in [5, 5.41) is 14.7. The van der Waals surface area contributed by atoms with Crippen LogP contribution in [-0.4, -0.2) is 16.0 Å². The Morgan fingerprint density at radius 2 is 1.80 bits per heavy atom. The van der Waals surface area contributed by atoms with Crippen LogP contribution in [0, 0.1) is 17.3 Å². The van der Waals surface area contributed by atoms with Crippen molar-refractivity contribution in [3.05, 3.63) is 97.9 Å². The van der Waals surface area contributed by atoms with Crippen LogP contribution in [0.1, 0.15) is 11.1 Å². The second-order valence-electron chi connectivity index (χ2n) is 7.08. The normalized spacial score (nSPS) is 15.5. The first-order chi connectivity index (χ1) is 16.7. The lowest BCUT2D eigenvalue weighted by atomic mass is 10.2. The van der Waals surface area contributed by atoms with Crippen LogP contribution in [0.3, 0.4) is 0 Å². The van der Waals surface area contributed by atoms with E-state index in [2.05, 4.69) is 55.5 Å². The second kappa shape index (κ2) is 11.5. The highest BCUT2D eigenvalue weighted by Crippen LogP contribution is 2.36. The third kappa shape index (κ3) is 6.47. The molecule has 0 aromatic heterocycles. The fourth-order valence-electron chi connectivity index (χ4n) is 2.99. The summed E-state index contributed by atoms with van der Waals surface area (Å²) in [6, 6.07) is 15.2. The Kier molecular flexibility index (Phi) is 8.58. The first-order valence-corrected chi connectivity index (χ1v) is 13.5. The second-order valence-corrected chi connectivity index (χ2v) is 11.2. The Bertz CT molecular complexity index is 1380. The van der Waals surface area contributed by atoms with Gasteiger partial charge in [0, 0.05) is 12.1 Å². The first kappa shape index (κ1) is 26.2. The van der Waals surface area contributed by atoms with Crippen molar-refractivity contribution in [2.24, 2.45) is 4.99 Å². The van der Waals surface area contributed by atoms with Gasteiger partial charge in [0.1, 0.15) is 12.4 Å². The molecule has 0 aliphatic carbocycles. The summed E-state index contributed by atoms with van der Waals surface area (Å²) >= 11 is 17.8. The molecule has 0 saturated carbocycles. The quantitative estimate of drug-likeness (QED) is 0.121. The van der Waals surface area contributed by atoms with Crippen LogP contribution >= 0.6 is 80.1 Å². The molecule has 0 radical (unpaired) electrons. The number of nitrogens with zero attached hydrogens (tertiary/aromatic N) is 2. The molecule has 35 heavy (non-hydrogen) atoms. The summed E-state index contributed by atoms with van der Waals surface area (Å²) < 4.78 is 7.71. The molecule has 4 rings (SSSR count). The smallest absolute Gasteiger partial charge is 0.269 e. The molecule has 178 valence electrons. The van der Waals surface area contributed by atoms with Gasteiger partial charge >= 0.3 is 0 Å². The predicted octanol–water partition coefficient (Wildman–Crippen LogP) is 7.58. The van der Waals surface area contributed by atoms with Crippen LogP contribution in [0.2, 0.25) is 10.0 Å². The zero-order valence-electron chi connectivity index (χ0n) is 17.4. The number of nitro benzene ring substituents is 1. The summed E-state index contributed by atoms with van der Waals surface area (Å²) in [7, 11) is 0. The van der Waals surface area contributed by atoms with E-state index in [0.29, 0.717) is 31.6 Å². The Morgan fingerprint density at radius 3 is 2.46 bits per heavy atom. The molecule has 1 N–H and O–H groups in total. The van der Waals surface area contributed by atoms with Gasteiger partial charge in [0.25, 0.3) is 11.6 Å². The monoisotopic (exact) mass is 751 g/mol. The van der Waals surface area contributed by atoms with Crippen molar-refractivity contribution in [3.8, 4) is 5.75 Å². The number of amidine groups is 1. The molecular formula is C23H13Cl2I2N3O4S. The Balaban J connectivity index is 1.49. The van der Waals surface area contributed by atoms with Crippen LogP contribution in [-0.2, 0) is 11.4 Å². The van der Waals surface area contributed by atoms with Crippen LogP contribution in [0.4, 0.5) is 11.4 Å². The number of halogens is 4. The Morgan fingerprint density at radius 1 is 1.11 bits per heavy atom. The molecule has 1 saturated heterocycles. The van der Waals surface area contributed by atoms with E-state index in [-0.39, 0.29) is 18.2 Å².